The molecular weight excluding hydrogens is 657 g/mol. The molecular formula is C40H45F3N4O4. The number of amides is 2. The average molecular weight is 703 g/mol. The molecule has 1 unspecified atom stereocenters. The highest BCUT2D eigenvalue weighted by Gasteiger charge is 2.45. The van der Waals surface area contributed by atoms with Crippen molar-refractivity contribution in [2.75, 3.05) is 32.8 Å². The summed E-state index contributed by atoms with van der Waals surface area (Å²) in [6.45, 7) is 4.01. The topological polar surface area (TPSA) is 85.4 Å². The predicted octanol–water partition coefficient (Wildman–Crippen LogP) is 5.84. The van der Waals surface area contributed by atoms with E-state index in [0.717, 1.165) is 59.6 Å². The highest BCUT2D eigenvalue weighted by atomic mass is 19.2. The molecule has 270 valence electrons. The number of carbonyl (C=O) groups is 2. The van der Waals surface area contributed by atoms with Gasteiger partial charge in [0.2, 0.25) is 11.7 Å². The lowest BCUT2D eigenvalue weighted by atomic mass is 9.82. The zero-order chi connectivity index (χ0) is 35.6. The van der Waals surface area contributed by atoms with Gasteiger partial charge in [-0.3, -0.25) is 9.59 Å². The van der Waals surface area contributed by atoms with Gasteiger partial charge in [0.05, 0.1) is 12.6 Å². The number of hydroxylamine groups is 2. The highest BCUT2D eigenvalue weighted by Crippen LogP contribution is 2.37. The number of carbonyl (C=O) groups excluding carboxylic acids is 2. The van der Waals surface area contributed by atoms with Crippen LogP contribution < -0.4 is 10.1 Å². The van der Waals surface area contributed by atoms with Crippen LogP contribution in [0.2, 0.25) is 0 Å². The molecule has 3 fully saturated rings. The molecule has 1 aliphatic carbocycles. The van der Waals surface area contributed by atoms with Gasteiger partial charge in [0, 0.05) is 43.8 Å². The fourth-order valence-electron chi connectivity index (χ4n) is 7.72. The summed E-state index contributed by atoms with van der Waals surface area (Å²) in [6.07, 6.45) is 5.69. The molecule has 0 aromatic heterocycles. The summed E-state index contributed by atoms with van der Waals surface area (Å²) in [5.41, 5.74) is 6.00. The summed E-state index contributed by atoms with van der Waals surface area (Å²) in [7, 11) is 0. The van der Waals surface area contributed by atoms with Gasteiger partial charge in [-0.25, -0.2) is 8.78 Å². The molecule has 3 aromatic rings. The summed E-state index contributed by atoms with van der Waals surface area (Å²) in [6, 6.07) is 17.3. The molecule has 2 N–H and O–H groups in total. The van der Waals surface area contributed by atoms with Crippen LogP contribution in [0.3, 0.4) is 0 Å². The van der Waals surface area contributed by atoms with E-state index in [1.54, 1.807) is 0 Å². The van der Waals surface area contributed by atoms with Crippen LogP contribution in [0.1, 0.15) is 60.8 Å². The van der Waals surface area contributed by atoms with Gasteiger partial charge < -0.3 is 25.1 Å². The number of hydrogen-bond acceptors (Lipinski definition) is 6. The smallest absolute Gasteiger partial charge is 0.252 e. The predicted molar refractivity (Wildman–Crippen MR) is 187 cm³/mol. The van der Waals surface area contributed by atoms with E-state index >= 15 is 0 Å². The zero-order valence-corrected chi connectivity index (χ0v) is 28.9. The molecule has 3 heterocycles. The van der Waals surface area contributed by atoms with E-state index in [0.29, 0.717) is 57.4 Å². The molecule has 3 aromatic carbocycles. The standard InChI is InChI=1S/C40H45F3N4O4/c1-25-6-8-27(9-7-25)18-20-46(30-14-15-30)40(49)36-31(22-29-23-45(24-34(36)44-29)39(48)35-5-2-19-47(35)50)28-12-10-26(11-13-28)4-3-21-51-38-33(42)17-16-32(41)37(38)43/h6-13,16-17,29-30,34-35,44,50H,2-5,14-15,18-24H2,1H3/t29-,34-,35?/m0/s1. The Morgan fingerprint density at radius 1 is 0.922 bits per heavy atom. The molecule has 0 spiro atoms. The van der Waals surface area contributed by atoms with Gasteiger partial charge in [0.25, 0.3) is 5.91 Å². The zero-order valence-electron chi connectivity index (χ0n) is 28.9. The Bertz CT molecular complexity index is 1780. The number of hydrogen-bond donors (Lipinski definition) is 2. The molecule has 2 bridgehead atoms. The fraction of sp³-hybridized carbons (Fsp3) is 0.450. The summed E-state index contributed by atoms with van der Waals surface area (Å²) in [4.78, 5) is 32.2. The van der Waals surface area contributed by atoms with Gasteiger partial charge in [-0.05, 0) is 92.7 Å². The summed E-state index contributed by atoms with van der Waals surface area (Å²) < 4.78 is 46.7. The molecule has 1 saturated carbocycles. The number of rotatable bonds is 12. The van der Waals surface area contributed by atoms with Crippen LogP contribution in [-0.4, -0.2) is 88.8 Å². The Hall–Kier alpha value is -4.19. The lowest BCUT2D eigenvalue weighted by Gasteiger charge is -2.45. The first-order chi connectivity index (χ1) is 24.7. The van der Waals surface area contributed by atoms with Crippen molar-refractivity contribution in [3.05, 3.63) is 106 Å². The monoisotopic (exact) mass is 702 g/mol. The van der Waals surface area contributed by atoms with Crippen molar-refractivity contribution in [1.82, 2.24) is 20.2 Å². The first-order valence-electron chi connectivity index (χ1n) is 18.1. The molecule has 2 amide bonds. The molecule has 0 radical (unpaired) electrons. The Morgan fingerprint density at radius 2 is 1.63 bits per heavy atom. The number of fused-ring (bicyclic) bond motifs is 2. The van der Waals surface area contributed by atoms with Crippen LogP contribution in [0.15, 0.2) is 66.2 Å². The lowest BCUT2D eigenvalue weighted by molar-refractivity contribution is -0.157. The molecule has 51 heavy (non-hydrogen) atoms. The number of ether oxygens (including phenoxy) is 1. The van der Waals surface area contributed by atoms with Crippen molar-refractivity contribution in [2.24, 2.45) is 0 Å². The molecule has 3 aliphatic heterocycles. The van der Waals surface area contributed by atoms with E-state index in [1.165, 1.54) is 11.1 Å². The van der Waals surface area contributed by atoms with Crippen LogP contribution in [0.25, 0.3) is 5.57 Å². The molecule has 4 aliphatic rings. The minimum Gasteiger partial charge on any atom is -0.488 e. The third-order valence-corrected chi connectivity index (χ3v) is 10.6. The number of nitrogens with zero attached hydrogens (tertiary/aromatic N) is 3. The maximum atomic E-state index is 14.7. The van der Waals surface area contributed by atoms with Gasteiger partial charge in [-0.1, -0.05) is 54.1 Å². The van der Waals surface area contributed by atoms with Crippen LogP contribution in [0, 0.1) is 24.4 Å². The number of aryl methyl sites for hydroxylation is 2. The van der Waals surface area contributed by atoms with Gasteiger partial charge in [0.1, 0.15) is 6.04 Å². The second kappa shape index (κ2) is 15.2. The number of halogens is 3. The van der Waals surface area contributed by atoms with Crippen molar-refractivity contribution in [3.63, 3.8) is 0 Å². The quantitative estimate of drug-likeness (QED) is 0.183. The molecule has 7 rings (SSSR count). The third kappa shape index (κ3) is 7.85. The summed E-state index contributed by atoms with van der Waals surface area (Å²) in [5, 5.41) is 15.2. The Kier molecular flexibility index (Phi) is 10.5. The molecule has 8 nitrogen and oxygen atoms in total. The minimum absolute atomic E-state index is 0.00699. The number of piperazine rings is 1. The summed E-state index contributed by atoms with van der Waals surface area (Å²) >= 11 is 0. The van der Waals surface area contributed by atoms with E-state index in [2.05, 4.69) is 36.5 Å². The molecule has 11 heteroatoms. The van der Waals surface area contributed by atoms with E-state index in [9.17, 15) is 28.0 Å². The lowest BCUT2D eigenvalue weighted by Crippen LogP contribution is -2.63. The van der Waals surface area contributed by atoms with Gasteiger partial charge >= 0.3 is 0 Å². The van der Waals surface area contributed by atoms with Gasteiger partial charge in [-0.15, -0.1) is 0 Å². The Morgan fingerprint density at radius 3 is 2.33 bits per heavy atom. The van der Waals surface area contributed by atoms with Crippen molar-refractivity contribution in [2.45, 2.75) is 82.5 Å². The van der Waals surface area contributed by atoms with Crippen molar-refractivity contribution in [3.8, 4) is 5.75 Å². The minimum atomic E-state index is -1.33. The van der Waals surface area contributed by atoms with Crippen LogP contribution in [-0.2, 0) is 22.4 Å². The Labute approximate surface area is 296 Å². The van der Waals surface area contributed by atoms with Crippen LogP contribution >= 0.6 is 0 Å². The third-order valence-electron chi connectivity index (χ3n) is 10.6. The number of nitrogens with one attached hydrogen (secondary N) is 1. The molecule has 3 atom stereocenters. The van der Waals surface area contributed by atoms with E-state index in [1.807, 2.05) is 34.1 Å². The van der Waals surface area contributed by atoms with Gasteiger partial charge in [-0.2, -0.15) is 9.45 Å². The average Bonchev–Trinajstić information content (AvgIpc) is 3.88. The highest BCUT2D eigenvalue weighted by molar-refractivity contribution is 6.03. The largest absolute Gasteiger partial charge is 0.488 e. The first-order valence-corrected chi connectivity index (χ1v) is 18.1. The molecule has 2 saturated heterocycles. The normalized spacial score (nSPS) is 22.0. The first kappa shape index (κ1) is 35.2. The van der Waals surface area contributed by atoms with Crippen molar-refractivity contribution >= 4 is 17.4 Å². The SMILES string of the molecule is Cc1ccc(CCN(C(=O)C2=C(c3ccc(CCCOc4c(F)ccc(F)c4F)cc3)C[C@H]3CN(C(=O)C4CCCN4O)C[C@@H]2N3)C2CC2)cc1. The van der Waals surface area contributed by atoms with E-state index in [4.69, 9.17) is 4.74 Å². The van der Waals surface area contributed by atoms with Crippen LogP contribution in [0.5, 0.6) is 5.75 Å². The second-order valence-corrected chi connectivity index (χ2v) is 14.4. The summed E-state index contributed by atoms with van der Waals surface area (Å²) in [5.74, 6) is -4.22. The van der Waals surface area contributed by atoms with E-state index in [-0.39, 0.29) is 36.5 Å². The van der Waals surface area contributed by atoms with Crippen molar-refractivity contribution in [1.29, 1.82) is 0 Å². The maximum absolute atomic E-state index is 14.7. The van der Waals surface area contributed by atoms with Crippen LogP contribution in [0.4, 0.5) is 13.2 Å². The second-order valence-electron chi connectivity index (χ2n) is 14.4. The van der Waals surface area contributed by atoms with E-state index < -0.39 is 29.2 Å². The number of benzene rings is 3. The Balaban J connectivity index is 1.11. The maximum Gasteiger partial charge on any atom is 0.252 e. The fourth-order valence-corrected chi connectivity index (χ4v) is 7.72. The van der Waals surface area contributed by atoms with Gasteiger partial charge in [0.15, 0.2) is 17.4 Å². The van der Waals surface area contributed by atoms with Crippen molar-refractivity contribution < 1.29 is 32.7 Å².